The van der Waals surface area contributed by atoms with Crippen LogP contribution in [0.3, 0.4) is 0 Å². The summed E-state index contributed by atoms with van der Waals surface area (Å²) >= 11 is 0. The molecule has 78 heavy (non-hydrogen) atoms. The summed E-state index contributed by atoms with van der Waals surface area (Å²) < 4.78 is 16.9. The third kappa shape index (κ3) is 62.9. The fourth-order valence-corrected chi connectivity index (χ4v) is 9.11. The Hall–Kier alpha value is -3.93. The van der Waals surface area contributed by atoms with Gasteiger partial charge in [0.05, 0.1) is 0 Å². The van der Waals surface area contributed by atoms with Crippen LogP contribution in [-0.2, 0) is 28.6 Å². The van der Waals surface area contributed by atoms with Gasteiger partial charge in [-0.25, -0.2) is 0 Å². The van der Waals surface area contributed by atoms with E-state index < -0.39 is 6.10 Å². The van der Waals surface area contributed by atoms with E-state index in [4.69, 9.17) is 14.2 Å². The minimum absolute atomic E-state index is 0.0824. The number of hydrogen-bond acceptors (Lipinski definition) is 6. The maximum absolute atomic E-state index is 12.9. The Morgan fingerprint density at radius 2 is 0.526 bits per heavy atom. The zero-order valence-electron chi connectivity index (χ0n) is 51.2. The summed E-state index contributed by atoms with van der Waals surface area (Å²) in [6.07, 6.45) is 89.7. The van der Waals surface area contributed by atoms with Crippen LogP contribution in [-0.4, -0.2) is 37.2 Å². The zero-order chi connectivity index (χ0) is 56.4. The summed E-state index contributed by atoms with van der Waals surface area (Å²) in [5.74, 6) is -0.891. The molecule has 0 saturated heterocycles. The Morgan fingerprint density at radius 3 is 0.846 bits per heavy atom. The third-order valence-corrected chi connectivity index (χ3v) is 14.0. The molecule has 6 heteroatoms. The van der Waals surface area contributed by atoms with Gasteiger partial charge in [0.15, 0.2) is 6.10 Å². The van der Waals surface area contributed by atoms with E-state index >= 15 is 0 Å². The van der Waals surface area contributed by atoms with Gasteiger partial charge in [-0.3, -0.25) is 14.4 Å². The Labute approximate surface area is 482 Å². The van der Waals surface area contributed by atoms with Gasteiger partial charge in [0, 0.05) is 19.3 Å². The second-order valence-corrected chi connectivity index (χ2v) is 21.6. The van der Waals surface area contributed by atoms with Gasteiger partial charge in [0.25, 0.3) is 0 Å². The van der Waals surface area contributed by atoms with Crippen molar-refractivity contribution >= 4 is 17.9 Å². The van der Waals surface area contributed by atoms with Crippen LogP contribution in [0.5, 0.6) is 0 Å². The summed E-state index contributed by atoms with van der Waals surface area (Å²) in [5, 5.41) is 0. The van der Waals surface area contributed by atoms with Gasteiger partial charge in [-0.2, -0.15) is 0 Å². The number of unbranched alkanes of at least 4 members (excludes halogenated alkanes) is 30. The topological polar surface area (TPSA) is 78.9 Å². The van der Waals surface area contributed by atoms with E-state index in [1.807, 2.05) is 0 Å². The van der Waals surface area contributed by atoms with E-state index in [1.165, 1.54) is 141 Å². The molecule has 6 nitrogen and oxygen atoms in total. The normalized spacial score (nSPS) is 12.8. The second kappa shape index (κ2) is 65.6. The number of hydrogen-bond donors (Lipinski definition) is 0. The van der Waals surface area contributed by atoms with Gasteiger partial charge in [-0.05, 0) is 103 Å². The molecule has 446 valence electrons. The summed E-state index contributed by atoms with van der Waals surface area (Å²) in [6, 6.07) is 0. The number of esters is 3. The summed E-state index contributed by atoms with van der Waals surface area (Å²) in [5.41, 5.74) is 0. The highest BCUT2D eigenvalue weighted by molar-refractivity contribution is 5.71. The maximum atomic E-state index is 12.9. The largest absolute Gasteiger partial charge is 0.462 e. The lowest BCUT2D eigenvalue weighted by Gasteiger charge is -2.18. The van der Waals surface area contributed by atoms with Crippen LogP contribution >= 0.6 is 0 Å². The van der Waals surface area contributed by atoms with Crippen molar-refractivity contribution in [2.75, 3.05) is 13.2 Å². The highest BCUT2D eigenvalue weighted by Gasteiger charge is 2.19. The van der Waals surface area contributed by atoms with Crippen LogP contribution in [0, 0.1) is 0 Å². The summed E-state index contributed by atoms with van der Waals surface area (Å²) in [4.78, 5) is 38.2. The molecule has 0 saturated carbocycles. The first kappa shape index (κ1) is 74.1. The number of carbonyl (C=O) groups excluding carboxylic acids is 3. The average molecular weight is 1080 g/mol. The fourth-order valence-electron chi connectivity index (χ4n) is 9.11. The highest BCUT2D eigenvalue weighted by Crippen LogP contribution is 2.16. The molecule has 0 heterocycles. The molecule has 0 bridgehead atoms. The molecule has 0 rings (SSSR count). The van der Waals surface area contributed by atoms with Crippen LogP contribution in [0.4, 0.5) is 0 Å². The molecular weight excluding hydrogens is 961 g/mol. The Bertz CT molecular complexity index is 1570. The van der Waals surface area contributed by atoms with Crippen LogP contribution < -0.4 is 0 Å². The third-order valence-electron chi connectivity index (χ3n) is 14.0. The van der Waals surface area contributed by atoms with E-state index in [1.54, 1.807) is 0 Å². The van der Waals surface area contributed by atoms with Crippen molar-refractivity contribution in [3.8, 4) is 0 Å². The molecule has 0 aliphatic rings. The second-order valence-electron chi connectivity index (χ2n) is 21.6. The van der Waals surface area contributed by atoms with Gasteiger partial charge in [0.1, 0.15) is 13.2 Å². The van der Waals surface area contributed by atoms with Gasteiger partial charge < -0.3 is 14.2 Å². The summed E-state index contributed by atoms with van der Waals surface area (Å²) in [7, 11) is 0. The van der Waals surface area contributed by atoms with Crippen LogP contribution in [0.1, 0.15) is 310 Å². The predicted octanol–water partition coefficient (Wildman–Crippen LogP) is 22.6. The lowest BCUT2D eigenvalue weighted by molar-refractivity contribution is -0.167. The standard InChI is InChI=1S/C72H122O6/c1-4-7-10-13-16-19-22-24-26-28-29-30-31-32-33-34-35-36-37-38-39-40-41-42-43-45-46-48-50-53-56-59-62-65-71(74)77-68-69(67-76-70(73)64-61-58-55-52-21-18-15-12-9-6-3)78-72(75)66-63-60-57-54-51-49-47-44-27-25-23-20-17-14-11-8-5-2/h7,10,12,15-16,19,24,26,29-30,32-33,35-36,38-39,41-42,69H,4-6,8-9,11,13-14,17-18,20-23,25,27-28,31,34,37,40,43-68H2,1-3H3/b10-7-,15-12-,19-16-,26-24-,30-29-,33-32-,36-35-,39-38-,42-41-. The molecule has 1 atom stereocenters. The van der Waals surface area contributed by atoms with Crippen molar-refractivity contribution < 1.29 is 28.6 Å². The van der Waals surface area contributed by atoms with Gasteiger partial charge in [-0.1, -0.05) is 297 Å². The molecule has 0 aromatic rings. The monoisotopic (exact) mass is 1080 g/mol. The van der Waals surface area contributed by atoms with Crippen molar-refractivity contribution in [1.29, 1.82) is 0 Å². The number of ether oxygens (including phenoxy) is 3. The first-order chi connectivity index (χ1) is 38.5. The lowest BCUT2D eigenvalue weighted by Crippen LogP contribution is -2.30. The van der Waals surface area contributed by atoms with E-state index in [0.717, 1.165) is 128 Å². The first-order valence-electron chi connectivity index (χ1n) is 32.9. The van der Waals surface area contributed by atoms with Crippen molar-refractivity contribution in [3.63, 3.8) is 0 Å². The molecule has 0 spiro atoms. The van der Waals surface area contributed by atoms with Crippen LogP contribution in [0.15, 0.2) is 109 Å². The lowest BCUT2D eigenvalue weighted by atomic mass is 10.0. The van der Waals surface area contributed by atoms with Gasteiger partial charge in [0.2, 0.25) is 0 Å². The molecule has 0 aliphatic heterocycles. The molecule has 0 aliphatic carbocycles. The molecule has 0 amide bonds. The highest BCUT2D eigenvalue weighted by atomic mass is 16.6. The van der Waals surface area contributed by atoms with Gasteiger partial charge >= 0.3 is 17.9 Å². The van der Waals surface area contributed by atoms with Gasteiger partial charge in [-0.15, -0.1) is 0 Å². The average Bonchev–Trinajstić information content (AvgIpc) is 3.44. The Balaban J connectivity index is 4.21. The van der Waals surface area contributed by atoms with E-state index in [2.05, 4.69) is 130 Å². The van der Waals surface area contributed by atoms with Crippen molar-refractivity contribution in [3.05, 3.63) is 109 Å². The molecule has 1 unspecified atom stereocenters. The zero-order valence-corrected chi connectivity index (χ0v) is 51.2. The van der Waals surface area contributed by atoms with Crippen molar-refractivity contribution in [2.45, 2.75) is 316 Å². The van der Waals surface area contributed by atoms with Crippen LogP contribution in [0.2, 0.25) is 0 Å². The quantitative estimate of drug-likeness (QED) is 0.0261. The fraction of sp³-hybridized carbons (Fsp3) is 0.708. The SMILES string of the molecule is CC/C=C\C/C=C\C/C=C\C/C=C\C/C=C\C/C=C\C/C=C\C/C=C\CCCCCCCCCCC(=O)OCC(COC(=O)CCCCCCC/C=C\CCC)OC(=O)CCCCCCCCCCCCCCCCCCC. The van der Waals surface area contributed by atoms with Crippen molar-refractivity contribution in [2.24, 2.45) is 0 Å². The predicted molar refractivity (Wildman–Crippen MR) is 339 cm³/mol. The van der Waals surface area contributed by atoms with Crippen LogP contribution in [0.25, 0.3) is 0 Å². The molecular formula is C72H122O6. The van der Waals surface area contributed by atoms with E-state index in [9.17, 15) is 14.4 Å². The minimum atomic E-state index is -0.783. The number of rotatable bonds is 59. The number of allylic oxidation sites excluding steroid dienone is 18. The maximum Gasteiger partial charge on any atom is 0.306 e. The van der Waals surface area contributed by atoms with Crippen molar-refractivity contribution in [1.82, 2.24) is 0 Å². The molecule has 0 aromatic carbocycles. The Kier molecular flexibility index (Phi) is 62.3. The first-order valence-corrected chi connectivity index (χ1v) is 32.9. The molecule has 0 aromatic heterocycles. The van der Waals surface area contributed by atoms with E-state index in [0.29, 0.717) is 19.3 Å². The number of carbonyl (C=O) groups is 3. The molecule has 0 N–H and O–H groups in total. The summed E-state index contributed by atoms with van der Waals surface area (Å²) in [6.45, 7) is 6.48. The van der Waals surface area contributed by atoms with E-state index in [-0.39, 0.29) is 31.1 Å². The minimum Gasteiger partial charge on any atom is -0.462 e. The molecule has 0 radical (unpaired) electrons. The smallest absolute Gasteiger partial charge is 0.306 e. The molecule has 0 fully saturated rings. The Morgan fingerprint density at radius 1 is 0.269 bits per heavy atom.